The quantitative estimate of drug-likeness (QED) is 0.421. The summed E-state index contributed by atoms with van der Waals surface area (Å²) in [4.78, 5) is 28.7. The van der Waals surface area contributed by atoms with Crippen LogP contribution in [0.15, 0.2) is 58.1 Å². The lowest BCUT2D eigenvalue weighted by molar-refractivity contribution is -0.131. The molecule has 2 aromatic heterocycles. The summed E-state index contributed by atoms with van der Waals surface area (Å²) in [6.07, 6.45) is 3.86. The molecule has 1 aromatic carbocycles. The van der Waals surface area contributed by atoms with Crippen LogP contribution in [0.1, 0.15) is 19.2 Å². The molecule has 3 aromatic rings. The number of amides is 1. The monoisotopic (exact) mass is 445 g/mol. The number of oxazole rings is 1. The Hall–Kier alpha value is -3.24. The van der Waals surface area contributed by atoms with Gasteiger partial charge in [0.2, 0.25) is 0 Å². The van der Waals surface area contributed by atoms with Crippen LogP contribution in [0.25, 0.3) is 22.4 Å². The predicted octanol–water partition coefficient (Wildman–Crippen LogP) is 2.18. The molecule has 0 aliphatic rings. The van der Waals surface area contributed by atoms with Crippen molar-refractivity contribution in [2.24, 2.45) is 0 Å². The van der Waals surface area contributed by atoms with Crippen molar-refractivity contribution in [1.82, 2.24) is 15.0 Å². The molecule has 0 spiro atoms. The first kappa shape index (κ1) is 22.4. The molecule has 31 heavy (non-hydrogen) atoms. The van der Waals surface area contributed by atoms with Gasteiger partial charge < -0.3 is 8.98 Å². The van der Waals surface area contributed by atoms with Crippen molar-refractivity contribution in [3.05, 3.63) is 65.1 Å². The molecule has 1 amide bonds. The topological polar surface area (TPSA) is 132 Å². The number of carbonyl (C=O) groups excluding carboxylic acids is 1. The van der Waals surface area contributed by atoms with E-state index in [0.717, 1.165) is 23.1 Å². The molecule has 0 aliphatic carbocycles. The zero-order chi connectivity index (χ0) is 22.8. The van der Waals surface area contributed by atoms with E-state index in [1.807, 2.05) is 24.3 Å². The number of nitrogens with one attached hydrogen (secondary N) is 1. The number of nitrogens with zero attached hydrogens (tertiary/aromatic N) is 2. The Bertz CT molecular complexity index is 1260. The van der Waals surface area contributed by atoms with Crippen molar-refractivity contribution in [1.29, 1.82) is 0 Å². The van der Waals surface area contributed by atoms with Crippen LogP contribution in [0.3, 0.4) is 0 Å². The summed E-state index contributed by atoms with van der Waals surface area (Å²) in [7, 11) is -3.83. The van der Waals surface area contributed by atoms with Crippen molar-refractivity contribution >= 4 is 15.7 Å². The predicted molar refractivity (Wildman–Crippen MR) is 114 cm³/mol. The summed E-state index contributed by atoms with van der Waals surface area (Å²) < 4.78 is 28.8. The van der Waals surface area contributed by atoms with Crippen LogP contribution in [0.5, 0.6) is 0 Å². The average molecular weight is 445 g/mol. The maximum atomic E-state index is 12.6. The van der Waals surface area contributed by atoms with Crippen LogP contribution in [-0.4, -0.2) is 40.1 Å². The Morgan fingerprint density at radius 3 is 2.35 bits per heavy atom. The third kappa shape index (κ3) is 4.59. The van der Waals surface area contributed by atoms with E-state index in [2.05, 4.69) is 4.98 Å². The molecule has 9 nitrogen and oxygen atoms in total. The second-order valence-corrected chi connectivity index (χ2v) is 9.92. The van der Waals surface area contributed by atoms with Gasteiger partial charge in [-0.2, -0.15) is 0 Å². The number of aryl methyl sites for hydroxylation is 2. The Kier molecular flexibility index (Phi) is 6.14. The molecule has 10 heteroatoms. The van der Waals surface area contributed by atoms with E-state index in [1.165, 1.54) is 23.0 Å². The number of hydrogen-bond donors (Lipinski definition) is 2. The minimum atomic E-state index is -3.83. The summed E-state index contributed by atoms with van der Waals surface area (Å²) in [6.45, 7) is 2.97. The molecule has 3 rings (SSSR count). The minimum absolute atomic E-state index is 0.0133. The molecule has 0 bridgehead atoms. The van der Waals surface area contributed by atoms with Crippen molar-refractivity contribution in [3.8, 4) is 22.4 Å². The van der Waals surface area contributed by atoms with Crippen molar-refractivity contribution in [2.45, 2.75) is 31.6 Å². The van der Waals surface area contributed by atoms with Crippen LogP contribution in [0, 0.1) is 6.92 Å². The van der Waals surface area contributed by atoms with Gasteiger partial charge in [-0.3, -0.25) is 14.8 Å². The van der Waals surface area contributed by atoms with E-state index in [4.69, 9.17) is 9.62 Å². The number of hydrogen-bond acceptors (Lipinski definition) is 7. The van der Waals surface area contributed by atoms with Crippen LogP contribution in [0.2, 0.25) is 0 Å². The van der Waals surface area contributed by atoms with Crippen LogP contribution < -0.4 is 11.0 Å². The normalized spacial score (nSPS) is 13.5. The molecule has 2 heterocycles. The van der Waals surface area contributed by atoms with Crippen LogP contribution in [0.4, 0.5) is 0 Å². The lowest BCUT2D eigenvalue weighted by Crippen LogP contribution is -2.49. The molecule has 2 N–H and O–H groups in total. The first-order valence-corrected chi connectivity index (χ1v) is 11.3. The molecule has 164 valence electrons. The fourth-order valence-corrected chi connectivity index (χ4v) is 3.97. The highest BCUT2D eigenvalue weighted by molar-refractivity contribution is 7.92. The largest absolute Gasteiger partial charge is 0.449 e. The second kappa shape index (κ2) is 8.48. The lowest BCUT2D eigenvalue weighted by atomic mass is 10.0. The number of rotatable bonds is 7. The fourth-order valence-electron chi connectivity index (χ4n) is 3.12. The highest BCUT2D eigenvalue weighted by atomic mass is 32.2. The van der Waals surface area contributed by atoms with Gasteiger partial charge in [-0.25, -0.2) is 18.9 Å². The number of carbonyl (C=O) groups is 1. The zero-order valence-corrected chi connectivity index (χ0v) is 18.1. The Morgan fingerprint density at radius 1 is 1.19 bits per heavy atom. The first-order chi connectivity index (χ1) is 14.5. The van der Waals surface area contributed by atoms with Gasteiger partial charge >= 0.3 is 0 Å². The van der Waals surface area contributed by atoms with Gasteiger partial charge in [0.25, 0.3) is 11.5 Å². The number of aromatic nitrogens is 2. The fraction of sp³-hybridized carbons (Fsp3) is 0.286. The standard InChI is InChI=1S/C21H23N3O6S/c1-14-22-18(13-30-14)16-6-4-15(5-7-16)17-8-10-24(19(25)12-17)11-9-21(2,20(26)23-27)31(3,28)29/h4-8,10,12-13,27H,9,11H2,1-3H3,(H,23,26)/t21-/m1/s1. The van der Waals surface area contributed by atoms with Gasteiger partial charge in [-0.15, -0.1) is 0 Å². The summed E-state index contributed by atoms with van der Waals surface area (Å²) in [5, 5.41) is 8.90. The summed E-state index contributed by atoms with van der Waals surface area (Å²) in [6, 6.07) is 10.7. The SMILES string of the molecule is Cc1nc(-c2ccc(-c3ccn(CC[C@](C)(C(=O)NO)S(C)(=O)=O)c(=O)c3)cc2)co1. The molecule has 0 fully saturated rings. The zero-order valence-electron chi connectivity index (χ0n) is 17.3. The molecule has 0 saturated heterocycles. The van der Waals surface area contributed by atoms with Gasteiger partial charge in [0, 0.05) is 37.6 Å². The number of pyridine rings is 1. The third-order valence-corrected chi connectivity index (χ3v) is 7.39. The van der Waals surface area contributed by atoms with Crippen molar-refractivity contribution in [3.63, 3.8) is 0 Å². The Labute approximate surface area is 179 Å². The average Bonchev–Trinajstić information content (AvgIpc) is 3.17. The summed E-state index contributed by atoms with van der Waals surface area (Å²) in [5.74, 6) is -0.465. The van der Waals surface area contributed by atoms with Gasteiger partial charge in [-0.1, -0.05) is 24.3 Å². The van der Waals surface area contributed by atoms with Gasteiger partial charge in [0.1, 0.15) is 12.0 Å². The van der Waals surface area contributed by atoms with E-state index < -0.39 is 20.5 Å². The van der Waals surface area contributed by atoms with E-state index >= 15 is 0 Å². The van der Waals surface area contributed by atoms with Crippen LogP contribution in [-0.2, 0) is 21.2 Å². The summed E-state index contributed by atoms with van der Waals surface area (Å²) >= 11 is 0. The van der Waals surface area contributed by atoms with E-state index in [9.17, 15) is 18.0 Å². The molecular weight excluding hydrogens is 422 g/mol. The second-order valence-electron chi connectivity index (χ2n) is 7.47. The third-order valence-electron chi connectivity index (χ3n) is 5.36. The Morgan fingerprint density at radius 2 is 1.84 bits per heavy atom. The summed E-state index contributed by atoms with van der Waals surface area (Å²) in [5.41, 5.74) is 4.19. The van der Waals surface area contributed by atoms with E-state index in [-0.39, 0.29) is 18.5 Å². The highest BCUT2D eigenvalue weighted by Crippen LogP contribution is 2.25. The molecule has 0 radical (unpaired) electrons. The van der Waals surface area contributed by atoms with Gasteiger partial charge in [0.15, 0.2) is 20.5 Å². The number of benzene rings is 1. The van der Waals surface area contributed by atoms with Crippen molar-refractivity contribution in [2.75, 3.05) is 6.26 Å². The number of sulfone groups is 1. The first-order valence-electron chi connectivity index (χ1n) is 9.43. The molecule has 0 unspecified atom stereocenters. The van der Waals surface area contributed by atoms with Gasteiger partial charge in [-0.05, 0) is 30.5 Å². The number of hydroxylamine groups is 1. The highest BCUT2D eigenvalue weighted by Gasteiger charge is 2.43. The lowest BCUT2D eigenvalue weighted by Gasteiger charge is -2.25. The van der Waals surface area contributed by atoms with Gasteiger partial charge in [0.05, 0.1) is 0 Å². The molecule has 0 saturated carbocycles. The molecular formula is C21H23N3O6S. The maximum absolute atomic E-state index is 12.6. The molecule has 1 atom stereocenters. The molecule has 0 aliphatic heterocycles. The van der Waals surface area contributed by atoms with E-state index in [1.54, 1.807) is 25.5 Å². The maximum Gasteiger partial charge on any atom is 0.264 e. The van der Waals surface area contributed by atoms with E-state index in [0.29, 0.717) is 11.5 Å². The van der Waals surface area contributed by atoms with Crippen LogP contribution >= 0.6 is 0 Å². The van der Waals surface area contributed by atoms with Crippen molar-refractivity contribution < 1.29 is 22.8 Å². The Balaban J connectivity index is 1.80. The minimum Gasteiger partial charge on any atom is -0.449 e. The smallest absolute Gasteiger partial charge is 0.264 e.